The van der Waals surface area contributed by atoms with Gasteiger partial charge in [-0.05, 0) is 26.0 Å². The molecule has 0 aliphatic heterocycles. The van der Waals surface area contributed by atoms with Crippen LogP contribution in [0.25, 0.3) is 0 Å². The second-order valence-corrected chi connectivity index (χ2v) is 4.57. The zero-order valence-electron chi connectivity index (χ0n) is 12.5. The highest BCUT2D eigenvalue weighted by Crippen LogP contribution is 2.06. The van der Waals surface area contributed by atoms with E-state index in [1.54, 1.807) is 37.3 Å². The van der Waals surface area contributed by atoms with Gasteiger partial charge < -0.3 is 15.1 Å². The zero-order chi connectivity index (χ0) is 15.1. The van der Waals surface area contributed by atoms with Crippen LogP contribution in [0.5, 0.6) is 0 Å². The van der Waals surface area contributed by atoms with Gasteiger partial charge in [-0.15, -0.1) is 0 Å². The highest BCUT2D eigenvalue weighted by Gasteiger charge is 2.13. The molecule has 0 unspecified atom stereocenters. The molecule has 3 amide bonds. The fourth-order valence-corrected chi connectivity index (χ4v) is 1.73. The summed E-state index contributed by atoms with van der Waals surface area (Å²) < 4.78 is 0. The lowest BCUT2D eigenvalue weighted by Crippen LogP contribution is -2.34. The lowest BCUT2D eigenvalue weighted by Gasteiger charge is -2.18. The first-order valence-electron chi connectivity index (χ1n) is 6.68. The number of aromatic nitrogens is 1. The molecule has 6 heteroatoms. The van der Waals surface area contributed by atoms with Crippen LogP contribution in [0.3, 0.4) is 0 Å². The van der Waals surface area contributed by atoms with Crippen molar-refractivity contribution in [3.05, 3.63) is 29.6 Å². The SMILES string of the molecule is CCN(CC)C(=O)c1ccnc(CNC(=O)N(C)C)c1. The molecule has 1 rings (SSSR count). The van der Waals surface area contributed by atoms with Crippen LogP contribution in [0, 0.1) is 0 Å². The largest absolute Gasteiger partial charge is 0.339 e. The number of nitrogens with zero attached hydrogens (tertiary/aromatic N) is 3. The molecule has 0 aromatic carbocycles. The summed E-state index contributed by atoms with van der Waals surface area (Å²) >= 11 is 0. The van der Waals surface area contributed by atoms with Crippen molar-refractivity contribution >= 4 is 11.9 Å². The van der Waals surface area contributed by atoms with Gasteiger partial charge in [0.1, 0.15) is 0 Å². The van der Waals surface area contributed by atoms with E-state index in [1.165, 1.54) is 4.90 Å². The van der Waals surface area contributed by atoms with E-state index < -0.39 is 0 Å². The third-order valence-electron chi connectivity index (χ3n) is 2.94. The standard InChI is InChI=1S/C14H22N4O2/c1-5-18(6-2)13(19)11-7-8-15-12(9-11)10-16-14(20)17(3)4/h7-9H,5-6,10H2,1-4H3,(H,16,20). The summed E-state index contributed by atoms with van der Waals surface area (Å²) in [6.07, 6.45) is 1.59. The van der Waals surface area contributed by atoms with E-state index in [2.05, 4.69) is 10.3 Å². The summed E-state index contributed by atoms with van der Waals surface area (Å²) in [5, 5.41) is 2.72. The van der Waals surface area contributed by atoms with E-state index in [0.29, 0.717) is 30.9 Å². The maximum Gasteiger partial charge on any atom is 0.317 e. The fourth-order valence-electron chi connectivity index (χ4n) is 1.73. The van der Waals surface area contributed by atoms with Gasteiger partial charge in [-0.3, -0.25) is 9.78 Å². The normalized spacial score (nSPS) is 10.0. The molecule has 0 spiro atoms. The molecule has 0 aliphatic carbocycles. The summed E-state index contributed by atoms with van der Waals surface area (Å²) in [7, 11) is 3.34. The van der Waals surface area contributed by atoms with Gasteiger partial charge in [0.2, 0.25) is 0 Å². The average Bonchev–Trinajstić information content (AvgIpc) is 2.46. The monoisotopic (exact) mass is 278 g/mol. The van der Waals surface area contributed by atoms with Crippen molar-refractivity contribution in [3.63, 3.8) is 0 Å². The predicted octanol–water partition coefficient (Wildman–Crippen LogP) is 1.33. The average molecular weight is 278 g/mol. The van der Waals surface area contributed by atoms with Crippen LogP contribution in [-0.4, -0.2) is 53.9 Å². The van der Waals surface area contributed by atoms with Crippen molar-refractivity contribution in [2.75, 3.05) is 27.2 Å². The summed E-state index contributed by atoms with van der Waals surface area (Å²) in [6.45, 7) is 5.53. The molecule has 6 nitrogen and oxygen atoms in total. The summed E-state index contributed by atoms with van der Waals surface area (Å²) in [4.78, 5) is 31.0. The summed E-state index contributed by atoms with van der Waals surface area (Å²) in [6, 6.07) is 3.22. The van der Waals surface area contributed by atoms with Crippen LogP contribution in [0.2, 0.25) is 0 Å². The molecule has 20 heavy (non-hydrogen) atoms. The lowest BCUT2D eigenvalue weighted by molar-refractivity contribution is 0.0772. The van der Waals surface area contributed by atoms with E-state index in [0.717, 1.165) is 0 Å². The first-order chi connectivity index (χ1) is 9.49. The van der Waals surface area contributed by atoms with Crippen molar-refractivity contribution < 1.29 is 9.59 Å². The Kier molecular flexibility index (Phi) is 5.96. The van der Waals surface area contributed by atoms with Gasteiger partial charge in [0, 0.05) is 38.9 Å². The number of rotatable bonds is 5. The Labute approximate surface area is 119 Å². The van der Waals surface area contributed by atoms with Crippen LogP contribution in [0.4, 0.5) is 4.79 Å². The second kappa shape index (κ2) is 7.47. The molecule has 0 saturated carbocycles. The third-order valence-corrected chi connectivity index (χ3v) is 2.94. The number of nitrogens with one attached hydrogen (secondary N) is 1. The number of hydrogen-bond donors (Lipinski definition) is 1. The Morgan fingerprint density at radius 2 is 1.90 bits per heavy atom. The van der Waals surface area contributed by atoms with Crippen molar-refractivity contribution in [2.45, 2.75) is 20.4 Å². The van der Waals surface area contributed by atoms with Crippen LogP contribution in [0.1, 0.15) is 29.9 Å². The van der Waals surface area contributed by atoms with Gasteiger partial charge in [-0.25, -0.2) is 4.79 Å². The lowest BCUT2D eigenvalue weighted by atomic mass is 10.2. The Morgan fingerprint density at radius 1 is 1.25 bits per heavy atom. The minimum Gasteiger partial charge on any atom is -0.339 e. The molecule has 1 N–H and O–H groups in total. The second-order valence-electron chi connectivity index (χ2n) is 4.57. The maximum atomic E-state index is 12.2. The molecular weight excluding hydrogens is 256 g/mol. The number of pyridine rings is 1. The van der Waals surface area contributed by atoms with Crippen molar-refractivity contribution in [2.24, 2.45) is 0 Å². The number of carbonyl (C=O) groups is 2. The van der Waals surface area contributed by atoms with Crippen LogP contribution in [-0.2, 0) is 6.54 Å². The minimum absolute atomic E-state index is 0.0161. The van der Waals surface area contributed by atoms with E-state index in [-0.39, 0.29) is 11.9 Å². The van der Waals surface area contributed by atoms with Gasteiger partial charge in [0.05, 0.1) is 12.2 Å². The van der Waals surface area contributed by atoms with Gasteiger partial charge in [-0.1, -0.05) is 0 Å². The summed E-state index contributed by atoms with van der Waals surface area (Å²) in [5.41, 5.74) is 1.26. The third kappa shape index (κ3) is 4.22. The van der Waals surface area contributed by atoms with Crippen molar-refractivity contribution in [3.8, 4) is 0 Å². The number of amides is 3. The Morgan fingerprint density at radius 3 is 2.45 bits per heavy atom. The quantitative estimate of drug-likeness (QED) is 0.883. The van der Waals surface area contributed by atoms with E-state index in [4.69, 9.17) is 0 Å². The van der Waals surface area contributed by atoms with Gasteiger partial charge in [0.25, 0.3) is 5.91 Å². The predicted molar refractivity (Wildman–Crippen MR) is 77.4 cm³/mol. The topological polar surface area (TPSA) is 65.5 Å². The highest BCUT2D eigenvalue weighted by molar-refractivity contribution is 5.94. The molecule has 1 aromatic heterocycles. The molecule has 1 heterocycles. The smallest absolute Gasteiger partial charge is 0.317 e. The Hall–Kier alpha value is -2.11. The molecule has 110 valence electrons. The number of hydrogen-bond acceptors (Lipinski definition) is 3. The molecule has 0 bridgehead atoms. The fraction of sp³-hybridized carbons (Fsp3) is 0.500. The number of carbonyl (C=O) groups excluding carboxylic acids is 2. The van der Waals surface area contributed by atoms with Gasteiger partial charge in [0.15, 0.2) is 0 Å². The van der Waals surface area contributed by atoms with Gasteiger partial charge in [-0.2, -0.15) is 0 Å². The Bertz CT molecular complexity index is 470. The zero-order valence-corrected chi connectivity index (χ0v) is 12.5. The Balaban J connectivity index is 2.75. The minimum atomic E-state index is -0.188. The molecule has 0 fully saturated rings. The van der Waals surface area contributed by atoms with Crippen molar-refractivity contribution in [1.82, 2.24) is 20.1 Å². The van der Waals surface area contributed by atoms with E-state index in [9.17, 15) is 9.59 Å². The molecule has 0 saturated heterocycles. The molecular formula is C14H22N4O2. The first kappa shape index (κ1) is 15.9. The van der Waals surface area contributed by atoms with E-state index >= 15 is 0 Å². The highest BCUT2D eigenvalue weighted by atomic mass is 16.2. The van der Waals surface area contributed by atoms with Crippen LogP contribution in [0.15, 0.2) is 18.3 Å². The van der Waals surface area contributed by atoms with Crippen LogP contribution < -0.4 is 5.32 Å². The summed E-state index contributed by atoms with van der Waals surface area (Å²) in [5.74, 6) is -0.0161. The number of urea groups is 1. The first-order valence-corrected chi connectivity index (χ1v) is 6.68. The molecule has 0 aliphatic rings. The van der Waals surface area contributed by atoms with Crippen LogP contribution >= 0.6 is 0 Å². The molecule has 0 atom stereocenters. The molecule has 1 aromatic rings. The van der Waals surface area contributed by atoms with Gasteiger partial charge >= 0.3 is 6.03 Å². The van der Waals surface area contributed by atoms with E-state index in [1.807, 2.05) is 13.8 Å². The van der Waals surface area contributed by atoms with Crippen molar-refractivity contribution in [1.29, 1.82) is 0 Å². The maximum absolute atomic E-state index is 12.2. The molecule has 0 radical (unpaired) electrons.